The zero-order chi connectivity index (χ0) is 16.2. The topological polar surface area (TPSA) is 38.7 Å². The highest BCUT2D eigenvalue weighted by Gasteiger charge is 2.08. The summed E-state index contributed by atoms with van der Waals surface area (Å²) in [6.45, 7) is 11.1. The average molecular weight is 304 g/mol. The molecule has 0 saturated heterocycles. The predicted octanol–water partition coefficient (Wildman–Crippen LogP) is 4.43. The Morgan fingerprint density at radius 1 is 1.18 bits per heavy atom. The second-order valence-electron chi connectivity index (χ2n) is 5.28. The van der Waals surface area contributed by atoms with Crippen molar-refractivity contribution in [1.82, 2.24) is 0 Å². The summed E-state index contributed by atoms with van der Waals surface area (Å²) in [5.74, 6) is 1.59. The van der Waals surface area contributed by atoms with Gasteiger partial charge in [0.1, 0.15) is 12.4 Å². The van der Waals surface area contributed by atoms with Gasteiger partial charge in [0.15, 0.2) is 0 Å². The zero-order valence-electron chi connectivity index (χ0n) is 13.6. The van der Waals surface area contributed by atoms with Crippen molar-refractivity contribution in [2.24, 2.45) is 0 Å². The summed E-state index contributed by atoms with van der Waals surface area (Å²) >= 11 is 0. The van der Waals surface area contributed by atoms with E-state index in [1.807, 2.05) is 12.2 Å². The minimum atomic E-state index is -0.00914. The Labute approximate surface area is 134 Å². The monoisotopic (exact) mass is 304 g/mol. The van der Waals surface area contributed by atoms with Crippen molar-refractivity contribution < 1.29 is 14.6 Å². The summed E-state index contributed by atoms with van der Waals surface area (Å²) in [7, 11) is 0. The van der Waals surface area contributed by atoms with Crippen LogP contribution in [0.1, 0.15) is 39.0 Å². The quantitative estimate of drug-likeness (QED) is 0.348. The lowest BCUT2D eigenvalue weighted by atomic mass is 9.97. The molecule has 1 aliphatic rings. The SMILES string of the molecule is C=C(/C=C\C(=C)C1=CC=C(OCCCCC)CC1)OCCO. The van der Waals surface area contributed by atoms with Crippen molar-refractivity contribution in [3.8, 4) is 0 Å². The first kappa shape index (κ1) is 18.3. The molecule has 0 aliphatic heterocycles. The third-order valence-corrected chi connectivity index (χ3v) is 3.41. The minimum absolute atomic E-state index is 0.00914. The van der Waals surface area contributed by atoms with E-state index in [-0.39, 0.29) is 13.2 Å². The highest BCUT2D eigenvalue weighted by Crippen LogP contribution is 2.25. The van der Waals surface area contributed by atoms with Gasteiger partial charge in [-0.2, -0.15) is 0 Å². The maximum Gasteiger partial charge on any atom is 0.112 e. The molecule has 0 aromatic heterocycles. The smallest absolute Gasteiger partial charge is 0.112 e. The summed E-state index contributed by atoms with van der Waals surface area (Å²) in [4.78, 5) is 0. The number of aliphatic hydroxyl groups excluding tert-OH is 1. The van der Waals surface area contributed by atoms with Crippen LogP contribution < -0.4 is 0 Å². The van der Waals surface area contributed by atoms with Crippen LogP contribution in [0.4, 0.5) is 0 Å². The standard InChI is InChI=1S/C19H28O3/c1-4-5-6-14-22-19-11-9-18(10-12-19)16(2)7-8-17(3)21-15-13-20/h7-9,11,20H,2-6,10,12-15H2,1H3/b8-7-. The van der Waals surface area contributed by atoms with Crippen molar-refractivity contribution in [2.75, 3.05) is 19.8 Å². The Hall–Kier alpha value is -1.74. The molecule has 0 unspecified atom stereocenters. The Balaban J connectivity index is 2.41. The molecule has 1 N–H and O–H groups in total. The summed E-state index contributed by atoms with van der Waals surface area (Å²) in [5.41, 5.74) is 2.15. The van der Waals surface area contributed by atoms with E-state index in [1.165, 1.54) is 18.4 Å². The van der Waals surface area contributed by atoms with E-state index in [2.05, 4.69) is 26.2 Å². The minimum Gasteiger partial charge on any atom is -0.498 e. The maximum atomic E-state index is 8.68. The number of hydrogen-bond acceptors (Lipinski definition) is 3. The van der Waals surface area contributed by atoms with Gasteiger partial charge in [0.25, 0.3) is 0 Å². The lowest BCUT2D eigenvalue weighted by molar-refractivity contribution is 0.153. The fourth-order valence-corrected chi connectivity index (χ4v) is 2.09. The zero-order valence-corrected chi connectivity index (χ0v) is 13.6. The van der Waals surface area contributed by atoms with Crippen LogP contribution in [0.3, 0.4) is 0 Å². The van der Waals surface area contributed by atoms with Gasteiger partial charge in [-0.05, 0) is 36.1 Å². The van der Waals surface area contributed by atoms with Gasteiger partial charge in [-0.1, -0.05) is 45.1 Å². The van der Waals surface area contributed by atoms with Crippen LogP contribution in [-0.4, -0.2) is 24.9 Å². The molecule has 0 saturated carbocycles. The van der Waals surface area contributed by atoms with Crippen molar-refractivity contribution in [3.05, 3.63) is 60.1 Å². The molecule has 0 heterocycles. The van der Waals surface area contributed by atoms with Gasteiger partial charge >= 0.3 is 0 Å². The van der Waals surface area contributed by atoms with E-state index in [1.54, 1.807) is 6.08 Å². The number of hydrogen-bond donors (Lipinski definition) is 1. The van der Waals surface area contributed by atoms with Gasteiger partial charge in [-0.15, -0.1) is 0 Å². The molecule has 1 rings (SSSR count). The molecule has 0 aromatic carbocycles. The molecule has 0 radical (unpaired) electrons. The molecule has 0 aromatic rings. The Kier molecular flexibility index (Phi) is 9.08. The fraction of sp³-hybridized carbons (Fsp3) is 0.474. The van der Waals surface area contributed by atoms with Gasteiger partial charge in [0.2, 0.25) is 0 Å². The van der Waals surface area contributed by atoms with Gasteiger partial charge in [0, 0.05) is 6.42 Å². The second-order valence-corrected chi connectivity index (χ2v) is 5.28. The van der Waals surface area contributed by atoms with Crippen molar-refractivity contribution in [2.45, 2.75) is 39.0 Å². The molecule has 122 valence electrons. The molecule has 0 amide bonds. The molecule has 0 bridgehead atoms. The van der Waals surface area contributed by atoms with E-state index in [9.17, 15) is 0 Å². The number of aliphatic hydroxyl groups is 1. The largest absolute Gasteiger partial charge is 0.498 e. The first-order valence-electron chi connectivity index (χ1n) is 7.99. The van der Waals surface area contributed by atoms with Crippen LogP contribution in [0, 0.1) is 0 Å². The molecule has 0 atom stereocenters. The van der Waals surface area contributed by atoms with Crippen LogP contribution >= 0.6 is 0 Å². The molecule has 3 nitrogen and oxygen atoms in total. The highest BCUT2D eigenvalue weighted by molar-refractivity contribution is 5.42. The number of unbranched alkanes of at least 4 members (excludes halogenated alkanes) is 2. The van der Waals surface area contributed by atoms with Crippen LogP contribution in [-0.2, 0) is 9.47 Å². The van der Waals surface area contributed by atoms with Gasteiger partial charge in [-0.25, -0.2) is 0 Å². The van der Waals surface area contributed by atoms with Crippen LogP contribution in [0.2, 0.25) is 0 Å². The average Bonchev–Trinajstić information content (AvgIpc) is 2.55. The van der Waals surface area contributed by atoms with Crippen LogP contribution in [0.25, 0.3) is 0 Å². The molecular weight excluding hydrogens is 276 g/mol. The van der Waals surface area contributed by atoms with Crippen molar-refractivity contribution in [3.63, 3.8) is 0 Å². The number of ether oxygens (including phenoxy) is 2. The third-order valence-electron chi connectivity index (χ3n) is 3.41. The van der Waals surface area contributed by atoms with E-state index in [0.29, 0.717) is 5.76 Å². The molecule has 1 aliphatic carbocycles. The van der Waals surface area contributed by atoms with E-state index >= 15 is 0 Å². The maximum absolute atomic E-state index is 8.68. The molecule has 22 heavy (non-hydrogen) atoms. The summed E-state index contributed by atoms with van der Waals surface area (Å²) < 4.78 is 11.0. The summed E-state index contributed by atoms with van der Waals surface area (Å²) in [6.07, 6.45) is 13.2. The van der Waals surface area contributed by atoms with E-state index in [4.69, 9.17) is 14.6 Å². The summed E-state index contributed by atoms with van der Waals surface area (Å²) in [6, 6.07) is 0. The molecular formula is C19H28O3. The number of allylic oxidation sites excluding steroid dienone is 7. The van der Waals surface area contributed by atoms with E-state index < -0.39 is 0 Å². The van der Waals surface area contributed by atoms with Gasteiger partial charge in [0.05, 0.1) is 19.0 Å². The van der Waals surface area contributed by atoms with E-state index in [0.717, 1.165) is 37.2 Å². The lowest BCUT2D eigenvalue weighted by Gasteiger charge is -2.16. The van der Waals surface area contributed by atoms with Gasteiger partial charge in [-0.3, -0.25) is 0 Å². The molecule has 0 spiro atoms. The van der Waals surface area contributed by atoms with Crippen LogP contribution in [0.5, 0.6) is 0 Å². The van der Waals surface area contributed by atoms with Crippen LogP contribution in [0.15, 0.2) is 60.1 Å². The first-order valence-corrected chi connectivity index (χ1v) is 7.99. The third kappa shape index (κ3) is 7.32. The number of rotatable bonds is 11. The van der Waals surface area contributed by atoms with Crippen molar-refractivity contribution in [1.29, 1.82) is 0 Å². The Bertz CT molecular complexity index is 455. The Morgan fingerprint density at radius 2 is 2.00 bits per heavy atom. The molecule has 0 fully saturated rings. The Morgan fingerprint density at radius 3 is 2.64 bits per heavy atom. The normalized spacial score (nSPS) is 14.5. The molecule has 3 heteroatoms. The second kappa shape index (κ2) is 10.9. The highest BCUT2D eigenvalue weighted by atomic mass is 16.5. The van der Waals surface area contributed by atoms with Crippen molar-refractivity contribution >= 4 is 0 Å². The lowest BCUT2D eigenvalue weighted by Crippen LogP contribution is -2.00. The van der Waals surface area contributed by atoms with Gasteiger partial charge < -0.3 is 14.6 Å². The fourth-order valence-electron chi connectivity index (χ4n) is 2.09. The summed E-state index contributed by atoms with van der Waals surface area (Å²) in [5, 5.41) is 8.68. The predicted molar refractivity (Wildman–Crippen MR) is 91.3 cm³/mol. The first-order chi connectivity index (χ1) is 10.7.